The van der Waals surface area contributed by atoms with E-state index in [-0.39, 0.29) is 37.5 Å². The van der Waals surface area contributed by atoms with Gasteiger partial charge in [-0.25, -0.2) is 9.78 Å². The first kappa shape index (κ1) is 35.8. The van der Waals surface area contributed by atoms with Gasteiger partial charge in [0.25, 0.3) is 0 Å². The number of rotatable bonds is 17. The van der Waals surface area contributed by atoms with Crippen LogP contribution in [-0.4, -0.2) is 70.6 Å². The van der Waals surface area contributed by atoms with Crippen molar-refractivity contribution in [3.8, 4) is 0 Å². The Balaban J connectivity index is 1.56. The number of esters is 1. The second-order valence-corrected chi connectivity index (χ2v) is 12.4. The van der Waals surface area contributed by atoms with Crippen molar-refractivity contribution >= 4 is 34.5 Å². The number of methoxy groups -OCH3 is 1. The zero-order valence-electron chi connectivity index (χ0n) is 27.6. The molecule has 0 aliphatic rings. The predicted octanol–water partition coefficient (Wildman–Crippen LogP) is 3.26. The molecule has 0 radical (unpaired) electrons. The van der Waals surface area contributed by atoms with E-state index in [1.54, 1.807) is 6.20 Å². The average Bonchev–Trinajstić information content (AvgIpc) is 3.60. The Kier molecular flexibility index (Phi) is 13.3. The maximum atomic E-state index is 14.1. The number of nitrogens with one attached hydrogen (secondary N) is 4. The lowest BCUT2D eigenvalue weighted by atomic mass is 9.91. The van der Waals surface area contributed by atoms with Gasteiger partial charge in [-0.2, -0.15) is 0 Å². The summed E-state index contributed by atoms with van der Waals surface area (Å²) in [6, 6.07) is 21.4. The maximum Gasteiger partial charge on any atom is 0.336 e. The molecule has 11 nitrogen and oxygen atoms in total. The average molecular weight is 656 g/mol. The van der Waals surface area contributed by atoms with Gasteiger partial charge in [-0.05, 0) is 47.1 Å². The van der Waals surface area contributed by atoms with E-state index in [4.69, 9.17) is 4.74 Å². The first-order chi connectivity index (χ1) is 23.1. The number of aliphatic hydroxyl groups is 1. The fourth-order valence-corrected chi connectivity index (χ4v) is 5.73. The van der Waals surface area contributed by atoms with E-state index in [2.05, 4.69) is 25.9 Å². The van der Waals surface area contributed by atoms with Crippen LogP contribution in [0.5, 0.6) is 0 Å². The van der Waals surface area contributed by atoms with Gasteiger partial charge in [-0.15, -0.1) is 0 Å². The molecule has 1 aromatic heterocycles. The second-order valence-electron chi connectivity index (χ2n) is 12.4. The van der Waals surface area contributed by atoms with E-state index in [1.165, 1.54) is 6.33 Å². The van der Waals surface area contributed by atoms with E-state index in [1.807, 2.05) is 86.6 Å². The zero-order chi connectivity index (χ0) is 34.5. The summed E-state index contributed by atoms with van der Waals surface area (Å²) in [6.07, 6.45) is 2.62. The van der Waals surface area contributed by atoms with Crippen LogP contribution in [0.4, 0.5) is 0 Å². The second kappa shape index (κ2) is 17.8. The fraction of sp³-hybridized carbons (Fsp3) is 0.378. The Morgan fingerprint density at radius 1 is 0.896 bits per heavy atom. The number of amides is 3. The molecule has 0 saturated carbocycles. The Labute approximate surface area is 280 Å². The number of imidazole rings is 1. The Morgan fingerprint density at radius 3 is 2.33 bits per heavy atom. The maximum absolute atomic E-state index is 14.1. The van der Waals surface area contributed by atoms with Gasteiger partial charge >= 0.3 is 5.97 Å². The summed E-state index contributed by atoms with van der Waals surface area (Å²) in [7, 11) is 1.16. The number of fused-ring (bicyclic) bond motifs is 1. The van der Waals surface area contributed by atoms with E-state index in [9.17, 15) is 24.3 Å². The highest BCUT2D eigenvalue weighted by Crippen LogP contribution is 2.23. The van der Waals surface area contributed by atoms with Crippen molar-refractivity contribution in [3.05, 3.63) is 102 Å². The number of carbonyl (C=O) groups excluding carboxylic acids is 4. The number of aliphatic hydroxyl groups excluding tert-OH is 1. The standard InChI is InChI=1S/C37H45N5O6/c1-24(2)18-31(34(44)37(47)48-3)41-36(46)32(21-29-22-38-23-40-29)42-35(45)28(19-27-14-9-13-26-12-7-8-15-30(26)27)20-33(43)39-17-16-25-10-5-4-6-11-25/h4-15,22-24,28,31-32,34,44H,16-21H2,1-3H3,(H,38,40)(H,39,43)(H,41,46)(H,42,45)/t28?,31-,32-,34?/m0/s1. The largest absolute Gasteiger partial charge is 0.467 e. The molecule has 2 unspecified atom stereocenters. The normalized spacial score (nSPS) is 13.7. The smallest absolute Gasteiger partial charge is 0.336 e. The number of H-pyrrole nitrogens is 1. The Morgan fingerprint density at radius 2 is 1.62 bits per heavy atom. The van der Waals surface area contributed by atoms with Crippen LogP contribution in [0, 0.1) is 11.8 Å². The first-order valence-electron chi connectivity index (χ1n) is 16.3. The van der Waals surface area contributed by atoms with Crippen molar-refractivity contribution < 1.29 is 29.0 Å². The topological polar surface area (TPSA) is 163 Å². The molecular formula is C37H45N5O6. The molecule has 4 aromatic rings. The molecule has 0 saturated heterocycles. The summed E-state index contributed by atoms with van der Waals surface area (Å²) in [5.41, 5.74) is 2.51. The third kappa shape index (κ3) is 10.5. The van der Waals surface area contributed by atoms with Gasteiger partial charge in [-0.3, -0.25) is 14.4 Å². The van der Waals surface area contributed by atoms with Gasteiger partial charge in [-0.1, -0.05) is 86.6 Å². The van der Waals surface area contributed by atoms with Crippen LogP contribution in [0.15, 0.2) is 85.3 Å². The minimum absolute atomic E-state index is 0.0273. The van der Waals surface area contributed by atoms with Gasteiger partial charge in [0.15, 0.2) is 6.10 Å². The SMILES string of the molecule is COC(=O)C(O)[C@H](CC(C)C)NC(=O)[C@H](Cc1c[nH]cn1)NC(=O)C(CC(=O)NCCc1ccccc1)Cc1cccc2ccccc12. The summed E-state index contributed by atoms with van der Waals surface area (Å²) in [5, 5.41) is 21.2. The lowest BCUT2D eigenvalue weighted by Gasteiger charge is -2.27. The molecule has 11 heteroatoms. The molecular weight excluding hydrogens is 610 g/mol. The van der Waals surface area contributed by atoms with Crippen molar-refractivity contribution in [3.63, 3.8) is 0 Å². The Bertz CT molecular complexity index is 1640. The molecule has 48 heavy (non-hydrogen) atoms. The lowest BCUT2D eigenvalue weighted by molar-refractivity contribution is -0.152. The molecule has 254 valence electrons. The van der Waals surface area contributed by atoms with Crippen molar-refractivity contribution in [2.45, 2.75) is 64.1 Å². The van der Waals surface area contributed by atoms with Crippen molar-refractivity contribution in [2.24, 2.45) is 11.8 Å². The highest BCUT2D eigenvalue weighted by atomic mass is 16.5. The summed E-state index contributed by atoms with van der Waals surface area (Å²) in [4.78, 5) is 60.4. The predicted molar refractivity (Wildman–Crippen MR) is 183 cm³/mol. The van der Waals surface area contributed by atoms with E-state index in [0.717, 1.165) is 29.0 Å². The third-order valence-corrected chi connectivity index (χ3v) is 8.21. The van der Waals surface area contributed by atoms with Gasteiger partial charge < -0.3 is 30.8 Å². The number of ether oxygens (including phenoxy) is 1. The van der Waals surface area contributed by atoms with E-state index in [0.29, 0.717) is 18.7 Å². The number of hydrogen-bond acceptors (Lipinski definition) is 7. The zero-order valence-corrected chi connectivity index (χ0v) is 27.6. The molecule has 0 fully saturated rings. The summed E-state index contributed by atoms with van der Waals surface area (Å²) in [6.45, 7) is 4.21. The number of aromatic amines is 1. The van der Waals surface area contributed by atoms with Crippen molar-refractivity contribution in [1.82, 2.24) is 25.9 Å². The van der Waals surface area contributed by atoms with Crippen LogP contribution in [0.2, 0.25) is 0 Å². The molecule has 3 amide bonds. The van der Waals surface area contributed by atoms with Crippen LogP contribution in [0.1, 0.15) is 43.5 Å². The number of carbonyl (C=O) groups is 4. The third-order valence-electron chi connectivity index (χ3n) is 8.21. The molecule has 0 bridgehead atoms. The molecule has 4 atom stereocenters. The summed E-state index contributed by atoms with van der Waals surface area (Å²) >= 11 is 0. The number of nitrogens with zero attached hydrogens (tertiary/aromatic N) is 1. The molecule has 3 aromatic carbocycles. The highest BCUT2D eigenvalue weighted by Gasteiger charge is 2.33. The highest BCUT2D eigenvalue weighted by molar-refractivity contribution is 5.92. The summed E-state index contributed by atoms with van der Waals surface area (Å²) in [5.74, 6) is -3.02. The fourth-order valence-electron chi connectivity index (χ4n) is 5.73. The van der Waals surface area contributed by atoms with E-state index >= 15 is 0 Å². The van der Waals surface area contributed by atoms with Crippen LogP contribution >= 0.6 is 0 Å². The molecule has 5 N–H and O–H groups in total. The van der Waals surface area contributed by atoms with Gasteiger partial charge in [0.05, 0.1) is 31.1 Å². The molecule has 4 rings (SSSR count). The van der Waals surface area contributed by atoms with Crippen molar-refractivity contribution in [1.29, 1.82) is 0 Å². The molecule has 1 heterocycles. The minimum atomic E-state index is -1.60. The van der Waals surface area contributed by atoms with Gasteiger partial charge in [0.1, 0.15) is 6.04 Å². The number of benzene rings is 3. The van der Waals surface area contributed by atoms with Gasteiger partial charge in [0.2, 0.25) is 17.7 Å². The number of hydrogen-bond donors (Lipinski definition) is 5. The van der Waals surface area contributed by atoms with E-state index < -0.39 is 41.9 Å². The monoisotopic (exact) mass is 655 g/mol. The van der Waals surface area contributed by atoms with Crippen LogP contribution in [0.25, 0.3) is 10.8 Å². The molecule has 0 aliphatic heterocycles. The minimum Gasteiger partial charge on any atom is -0.467 e. The van der Waals surface area contributed by atoms with Gasteiger partial charge in [0, 0.05) is 25.6 Å². The number of aromatic nitrogens is 2. The molecule has 0 aliphatic carbocycles. The summed E-state index contributed by atoms with van der Waals surface area (Å²) < 4.78 is 4.71. The Hall–Kier alpha value is -5.03. The van der Waals surface area contributed by atoms with Crippen LogP contribution in [-0.2, 0) is 43.2 Å². The van der Waals surface area contributed by atoms with Crippen LogP contribution in [0.3, 0.4) is 0 Å². The van der Waals surface area contributed by atoms with Crippen LogP contribution < -0.4 is 16.0 Å². The quantitative estimate of drug-likeness (QED) is 0.109. The van der Waals surface area contributed by atoms with Crippen molar-refractivity contribution in [2.75, 3.05) is 13.7 Å². The lowest BCUT2D eigenvalue weighted by Crippen LogP contribution is -2.56. The molecule has 0 spiro atoms. The first-order valence-corrected chi connectivity index (χ1v) is 16.3.